The van der Waals surface area contributed by atoms with Crippen LogP contribution < -0.4 is 4.90 Å². The van der Waals surface area contributed by atoms with Gasteiger partial charge in [0.25, 0.3) is 0 Å². The fourth-order valence-electron chi connectivity index (χ4n) is 3.86. The van der Waals surface area contributed by atoms with E-state index in [0.717, 1.165) is 43.4 Å². The van der Waals surface area contributed by atoms with Crippen LogP contribution in [0.2, 0.25) is 0 Å². The number of aromatic nitrogens is 2. The van der Waals surface area contributed by atoms with Gasteiger partial charge in [0.05, 0.1) is 0 Å². The van der Waals surface area contributed by atoms with Gasteiger partial charge in [0.2, 0.25) is 0 Å². The van der Waals surface area contributed by atoms with E-state index in [1.807, 2.05) is 6.07 Å². The molecular weight excluding hydrogens is 279 g/mol. The lowest BCUT2D eigenvalue weighted by atomic mass is 10.1. The fraction of sp³-hybridized carbons (Fsp3) is 0.529. The molecule has 0 unspecified atom stereocenters. The largest absolute Gasteiger partial charge is 0.353 e. The first-order chi connectivity index (χ1) is 10.8. The van der Waals surface area contributed by atoms with Gasteiger partial charge in [-0.15, -0.1) is 0 Å². The number of nitrogens with zero attached hydrogens (tertiary/aromatic N) is 4. The van der Waals surface area contributed by atoms with Crippen molar-refractivity contribution in [2.45, 2.75) is 31.7 Å². The van der Waals surface area contributed by atoms with E-state index in [-0.39, 0.29) is 5.82 Å². The molecule has 0 N–H and O–H groups in total. The first-order valence-electron chi connectivity index (χ1n) is 8.21. The van der Waals surface area contributed by atoms with Crippen LogP contribution >= 0.6 is 0 Å². The highest BCUT2D eigenvalue weighted by molar-refractivity contribution is 5.89. The molecule has 1 saturated heterocycles. The number of hydrogen-bond acceptors (Lipinski definition) is 4. The number of halogens is 1. The van der Waals surface area contributed by atoms with Crippen molar-refractivity contribution < 1.29 is 4.39 Å². The highest BCUT2D eigenvalue weighted by Gasteiger charge is 2.27. The molecule has 4 nitrogen and oxygen atoms in total. The Kier molecular flexibility index (Phi) is 3.66. The van der Waals surface area contributed by atoms with E-state index in [4.69, 9.17) is 0 Å². The summed E-state index contributed by atoms with van der Waals surface area (Å²) in [5, 5.41) is 0.816. The summed E-state index contributed by atoms with van der Waals surface area (Å²) in [6, 6.07) is 5.88. The van der Waals surface area contributed by atoms with Crippen molar-refractivity contribution in [3.8, 4) is 0 Å². The summed E-state index contributed by atoms with van der Waals surface area (Å²) >= 11 is 0. The minimum absolute atomic E-state index is 0.272. The Balaban J connectivity index is 1.55. The van der Waals surface area contributed by atoms with Crippen LogP contribution in [0.1, 0.15) is 25.7 Å². The predicted molar refractivity (Wildman–Crippen MR) is 85.5 cm³/mol. The van der Waals surface area contributed by atoms with Gasteiger partial charge in [-0.25, -0.2) is 14.4 Å². The molecule has 2 aromatic rings. The van der Waals surface area contributed by atoms with Gasteiger partial charge in [-0.3, -0.25) is 4.90 Å². The standard InChI is InChI=1S/C17H21FN4/c18-15-7-3-6-14-16(15)19-12-20-17(14)22-10-8-21(9-11-22)13-4-1-2-5-13/h3,6-7,12-13H,1-2,4-5,8-11H2. The summed E-state index contributed by atoms with van der Waals surface area (Å²) < 4.78 is 13.9. The molecule has 5 heteroatoms. The molecular formula is C17H21FN4. The number of rotatable bonds is 2. The number of anilines is 1. The van der Waals surface area contributed by atoms with Gasteiger partial charge in [0.15, 0.2) is 0 Å². The Morgan fingerprint density at radius 1 is 1.00 bits per heavy atom. The molecule has 0 spiro atoms. The van der Waals surface area contributed by atoms with E-state index in [1.165, 1.54) is 38.1 Å². The quantitative estimate of drug-likeness (QED) is 0.854. The van der Waals surface area contributed by atoms with E-state index in [9.17, 15) is 4.39 Å². The highest BCUT2D eigenvalue weighted by atomic mass is 19.1. The minimum atomic E-state index is -0.272. The summed E-state index contributed by atoms with van der Waals surface area (Å²) in [6.07, 6.45) is 6.93. The third kappa shape index (κ3) is 2.43. The van der Waals surface area contributed by atoms with Gasteiger partial charge < -0.3 is 4.90 Å². The first kappa shape index (κ1) is 13.9. The molecule has 22 heavy (non-hydrogen) atoms. The van der Waals surface area contributed by atoms with E-state index in [1.54, 1.807) is 6.07 Å². The average molecular weight is 300 g/mol. The molecule has 1 aliphatic carbocycles. The topological polar surface area (TPSA) is 32.3 Å². The van der Waals surface area contributed by atoms with Crippen LogP contribution in [0.4, 0.5) is 10.2 Å². The van der Waals surface area contributed by atoms with Crippen molar-refractivity contribution in [3.05, 3.63) is 30.3 Å². The first-order valence-corrected chi connectivity index (χ1v) is 8.21. The molecule has 2 fully saturated rings. The van der Waals surface area contributed by atoms with Gasteiger partial charge in [-0.2, -0.15) is 0 Å². The van der Waals surface area contributed by atoms with Gasteiger partial charge >= 0.3 is 0 Å². The Morgan fingerprint density at radius 3 is 2.55 bits per heavy atom. The van der Waals surface area contributed by atoms with Crippen LogP contribution in [0, 0.1) is 5.82 Å². The molecule has 116 valence electrons. The fourth-order valence-corrected chi connectivity index (χ4v) is 3.86. The minimum Gasteiger partial charge on any atom is -0.353 e. The zero-order valence-corrected chi connectivity index (χ0v) is 12.7. The van der Waals surface area contributed by atoms with Crippen LogP contribution in [0.5, 0.6) is 0 Å². The van der Waals surface area contributed by atoms with Gasteiger partial charge in [0, 0.05) is 37.6 Å². The number of piperazine rings is 1. The van der Waals surface area contributed by atoms with Crippen LogP contribution in [-0.2, 0) is 0 Å². The zero-order valence-electron chi connectivity index (χ0n) is 12.7. The summed E-state index contributed by atoms with van der Waals surface area (Å²) in [6.45, 7) is 4.06. The summed E-state index contributed by atoms with van der Waals surface area (Å²) in [4.78, 5) is 13.4. The van der Waals surface area contributed by atoms with Crippen LogP contribution in [0.3, 0.4) is 0 Å². The second-order valence-electron chi connectivity index (χ2n) is 6.29. The van der Waals surface area contributed by atoms with Crippen molar-refractivity contribution in [2.24, 2.45) is 0 Å². The number of para-hydroxylation sites is 1. The van der Waals surface area contributed by atoms with Gasteiger partial charge in [-0.1, -0.05) is 18.9 Å². The smallest absolute Gasteiger partial charge is 0.149 e. The maximum absolute atomic E-state index is 13.9. The molecule has 0 bridgehead atoms. The van der Waals surface area contributed by atoms with Crippen molar-refractivity contribution >= 4 is 16.7 Å². The molecule has 2 aliphatic rings. The SMILES string of the molecule is Fc1cccc2c(N3CCN(C4CCCC4)CC3)ncnc12. The van der Waals surface area contributed by atoms with Gasteiger partial charge in [0.1, 0.15) is 23.5 Å². The van der Waals surface area contributed by atoms with Gasteiger partial charge in [-0.05, 0) is 25.0 Å². The Hall–Kier alpha value is -1.75. The third-order valence-electron chi connectivity index (χ3n) is 5.05. The molecule has 0 amide bonds. The Morgan fingerprint density at radius 2 is 1.77 bits per heavy atom. The summed E-state index contributed by atoms with van der Waals surface area (Å²) in [7, 11) is 0. The van der Waals surface area contributed by atoms with E-state index < -0.39 is 0 Å². The molecule has 1 aromatic carbocycles. The third-order valence-corrected chi connectivity index (χ3v) is 5.05. The average Bonchev–Trinajstić information content (AvgIpc) is 3.10. The molecule has 2 heterocycles. The monoisotopic (exact) mass is 300 g/mol. The lowest BCUT2D eigenvalue weighted by molar-refractivity contribution is 0.187. The normalized spacial score (nSPS) is 20.9. The Bertz CT molecular complexity index is 661. The molecule has 1 saturated carbocycles. The highest BCUT2D eigenvalue weighted by Crippen LogP contribution is 2.28. The summed E-state index contributed by atoms with van der Waals surface area (Å²) in [5.41, 5.74) is 0.422. The second-order valence-corrected chi connectivity index (χ2v) is 6.29. The molecule has 4 rings (SSSR count). The Labute approximate surface area is 130 Å². The predicted octanol–water partition coefficient (Wildman–Crippen LogP) is 2.83. The second kappa shape index (κ2) is 5.80. The van der Waals surface area contributed by atoms with E-state index in [2.05, 4.69) is 19.8 Å². The van der Waals surface area contributed by atoms with E-state index in [0.29, 0.717) is 5.52 Å². The zero-order chi connectivity index (χ0) is 14.9. The number of fused-ring (bicyclic) bond motifs is 1. The van der Waals surface area contributed by atoms with Crippen LogP contribution in [-0.4, -0.2) is 47.1 Å². The lowest BCUT2D eigenvalue weighted by Crippen LogP contribution is -2.50. The van der Waals surface area contributed by atoms with Crippen molar-refractivity contribution in [1.82, 2.24) is 14.9 Å². The molecule has 0 radical (unpaired) electrons. The maximum Gasteiger partial charge on any atom is 0.149 e. The van der Waals surface area contributed by atoms with Crippen LogP contribution in [0.25, 0.3) is 10.9 Å². The molecule has 1 aliphatic heterocycles. The maximum atomic E-state index is 13.9. The lowest BCUT2D eigenvalue weighted by Gasteiger charge is -2.38. The van der Waals surface area contributed by atoms with Crippen molar-refractivity contribution in [2.75, 3.05) is 31.1 Å². The number of hydrogen-bond donors (Lipinski definition) is 0. The van der Waals surface area contributed by atoms with Crippen molar-refractivity contribution in [1.29, 1.82) is 0 Å². The number of benzene rings is 1. The van der Waals surface area contributed by atoms with E-state index >= 15 is 0 Å². The van der Waals surface area contributed by atoms with Crippen molar-refractivity contribution in [3.63, 3.8) is 0 Å². The van der Waals surface area contributed by atoms with Crippen LogP contribution in [0.15, 0.2) is 24.5 Å². The molecule has 0 atom stereocenters. The molecule has 1 aromatic heterocycles. The summed E-state index contributed by atoms with van der Waals surface area (Å²) in [5.74, 6) is 0.598.